The van der Waals surface area contributed by atoms with Crippen molar-refractivity contribution in [1.82, 2.24) is 4.57 Å². The summed E-state index contributed by atoms with van der Waals surface area (Å²) in [5.41, 5.74) is 8.29. The summed E-state index contributed by atoms with van der Waals surface area (Å²) < 4.78 is 6.26. The molecule has 2 aromatic rings. The Kier molecular flexibility index (Phi) is 3.62. The first-order chi connectivity index (χ1) is 11.1. The summed E-state index contributed by atoms with van der Waals surface area (Å²) in [6, 6.07) is 7.44. The molecule has 0 amide bonds. The van der Waals surface area contributed by atoms with Gasteiger partial charge in [-0.3, -0.25) is 4.79 Å². The Morgan fingerprint density at radius 3 is 2.87 bits per heavy atom. The van der Waals surface area contributed by atoms with E-state index in [4.69, 9.17) is 10.5 Å². The van der Waals surface area contributed by atoms with Crippen LogP contribution in [0.4, 0.5) is 5.69 Å². The minimum absolute atomic E-state index is 0.0310. The van der Waals surface area contributed by atoms with Gasteiger partial charge in [-0.05, 0) is 24.5 Å². The molecule has 1 aromatic heterocycles. The number of aryl methyl sites for hydroxylation is 1. The van der Waals surface area contributed by atoms with Gasteiger partial charge >= 0.3 is 5.97 Å². The summed E-state index contributed by atoms with van der Waals surface area (Å²) in [6.45, 7) is 0. The van der Waals surface area contributed by atoms with Crippen LogP contribution in [-0.4, -0.2) is 23.4 Å². The number of esters is 1. The Hall–Kier alpha value is -3.07. The van der Waals surface area contributed by atoms with E-state index in [0.29, 0.717) is 17.7 Å². The molecule has 6 heteroatoms. The molecular weight excluding hydrogens is 294 g/mol. The Morgan fingerprint density at radius 1 is 1.39 bits per heavy atom. The van der Waals surface area contributed by atoms with Gasteiger partial charge in [-0.1, -0.05) is 12.1 Å². The Labute approximate surface area is 133 Å². The number of nitrogens with two attached hydrogens (primary N) is 1. The van der Waals surface area contributed by atoms with E-state index in [9.17, 15) is 14.9 Å². The van der Waals surface area contributed by atoms with E-state index in [1.54, 1.807) is 6.07 Å². The number of rotatable bonds is 2. The fraction of sp³-hybridized carbons (Fsp3) is 0.235. The van der Waals surface area contributed by atoms with Crippen LogP contribution >= 0.6 is 0 Å². The summed E-state index contributed by atoms with van der Waals surface area (Å²) in [4.78, 5) is 24.5. The normalized spacial score (nSPS) is 13.3. The first kappa shape index (κ1) is 14.9. The molecule has 0 spiro atoms. The standard InChI is InChI=1S/C17H15N3O3/c1-23-17(22)16-15(19)11(8-18)9-20(16)12-6-2-4-10-5-3-7-13(21)14(10)12/h2,4,6,9H,3,5,7,19H2,1H3. The predicted molar refractivity (Wildman–Crippen MR) is 83.5 cm³/mol. The molecule has 1 aromatic carbocycles. The first-order valence-corrected chi connectivity index (χ1v) is 7.23. The van der Waals surface area contributed by atoms with Crippen molar-refractivity contribution >= 4 is 17.4 Å². The number of nitrogen functional groups attached to an aromatic ring is 1. The molecule has 116 valence electrons. The van der Waals surface area contributed by atoms with Gasteiger partial charge in [0.15, 0.2) is 11.5 Å². The van der Waals surface area contributed by atoms with E-state index in [1.807, 2.05) is 18.2 Å². The maximum absolute atomic E-state index is 12.4. The van der Waals surface area contributed by atoms with Crippen molar-refractivity contribution in [3.05, 3.63) is 46.8 Å². The predicted octanol–water partition coefficient (Wildman–Crippen LogP) is 2.24. The molecule has 1 aliphatic rings. The van der Waals surface area contributed by atoms with E-state index in [2.05, 4.69) is 0 Å². The van der Waals surface area contributed by atoms with Gasteiger partial charge in [0.05, 0.1) is 24.0 Å². The lowest BCUT2D eigenvalue weighted by Gasteiger charge is -2.19. The molecule has 0 saturated carbocycles. The largest absolute Gasteiger partial charge is 0.464 e. The zero-order chi connectivity index (χ0) is 16.6. The molecule has 23 heavy (non-hydrogen) atoms. The fourth-order valence-electron chi connectivity index (χ4n) is 2.99. The van der Waals surface area contributed by atoms with Gasteiger partial charge < -0.3 is 15.0 Å². The second-order valence-electron chi connectivity index (χ2n) is 5.37. The quantitative estimate of drug-likeness (QED) is 0.858. The number of benzene rings is 1. The summed E-state index contributed by atoms with van der Waals surface area (Å²) in [5.74, 6) is -0.617. The van der Waals surface area contributed by atoms with Gasteiger partial charge in [0.25, 0.3) is 0 Å². The van der Waals surface area contributed by atoms with Crippen molar-refractivity contribution < 1.29 is 14.3 Å². The third kappa shape index (κ3) is 2.27. The number of nitriles is 1. The first-order valence-electron chi connectivity index (χ1n) is 7.23. The van der Waals surface area contributed by atoms with Crippen LogP contribution in [-0.2, 0) is 11.2 Å². The summed E-state index contributed by atoms with van der Waals surface area (Å²) in [7, 11) is 1.25. The molecule has 0 fully saturated rings. The lowest BCUT2D eigenvalue weighted by molar-refractivity contribution is 0.0592. The fourth-order valence-corrected chi connectivity index (χ4v) is 2.99. The maximum atomic E-state index is 12.4. The molecule has 6 nitrogen and oxygen atoms in total. The van der Waals surface area contributed by atoms with Gasteiger partial charge in [0, 0.05) is 18.2 Å². The van der Waals surface area contributed by atoms with Crippen LogP contribution in [0.15, 0.2) is 24.4 Å². The maximum Gasteiger partial charge on any atom is 0.357 e. The van der Waals surface area contributed by atoms with Crippen LogP contribution < -0.4 is 5.73 Å². The second-order valence-corrected chi connectivity index (χ2v) is 5.37. The van der Waals surface area contributed by atoms with Crippen molar-refractivity contribution in [1.29, 1.82) is 5.26 Å². The molecular formula is C17H15N3O3. The smallest absolute Gasteiger partial charge is 0.357 e. The van der Waals surface area contributed by atoms with Crippen LogP contribution in [0.2, 0.25) is 0 Å². The molecule has 0 bridgehead atoms. The van der Waals surface area contributed by atoms with Gasteiger partial charge in [0.1, 0.15) is 6.07 Å². The highest BCUT2D eigenvalue weighted by molar-refractivity contribution is 6.03. The highest BCUT2D eigenvalue weighted by Gasteiger charge is 2.26. The third-order valence-electron chi connectivity index (χ3n) is 4.06. The third-order valence-corrected chi connectivity index (χ3v) is 4.06. The molecule has 0 atom stereocenters. The molecule has 2 N–H and O–H groups in total. The summed E-state index contributed by atoms with van der Waals surface area (Å²) in [5, 5.41) is 9.19. The molecule has 3 rings (SSSR count). The highest BCUT2D eigenvalue weighted by Crippen LogP contribution is 2.31. The number of anilines is 1. The number of fused-ring (bicyclic) bond motifs is 1. The Bertz CT molecular complexity index is 859. The topological polar surface area (TPSA) is 98.1 Å². The van der Waals surface area contributed by atoms with Crippen molar-refractivity contribution in [2.24, 2.45) is 0 Å². The minimum atomic E-state index is -0.648. The Balaban J connectivity index is 2.31. The Morgan fingerprint density at radius 2 is 2.17 bits per heavy atom. The average Bonchev–Trinajstić information content (AvgIpc) is 2.90. The van der Waals surface area contributed by atoms with Crippen molar-refractivity contribution in [2.75, 3.05) is 12.8 Å². The number of carbonyl (C=O) groups is 2. The highest BCUT2D eigenvalue weighted by atomic mass is 16.5. The SMILES string of the molecule is COC(=O)c1c(N)c(C#N)cn1-c1cccc2c1C(=O)CCC2. The van der Waals surface area contributed by atoms with Crippen LogP contribution in [0.1, 0.15) is 44.8 Å². The van der Waals surface area contributed by atoms with Crippen LogP contribution in [0.25, 0.3) is 5.69 Å². The van der Waals surface area contributed by atoms with Gasteiger partial charge in [-0.2, -0.15) is 5.26 Å². The van der Waals surface area contributed by atoms with Crippen LogP contribution in [0, 0.1) is 11.3 Å². The molecule has 1 aliphatic carbocycles. The van der Waals surface area contributed by atoms with E-state index >= 15 is 0 Å². The molecule has 1 heterocycles. The van der Waals surface area contributed by atoms with Crippen molar-refractivity contribution in [3.63, 3.8) is 0 Å². The van der Waals surface area contributed by atoms with Gasteiger partial charge in [0.2, 0.25) is 0 Å². The summed E-state index contributed by atoms with van der Waals surface area (Å²) in [6.07, 6.45) is 3.57. The number of ketones is 1. The van der Waals surface area contributed by atoms with Gasteiger partial charge in [-0.15, -0.1) is 0 Å². The molecule has 0 unspecified atom stereocenters. The minimum Gasteiger partial charge on any atom is -0.464 e. The number of Topliss-reactive ketones (excluding diaryl/α,β-unsaturated/α-hetero) is 1. The number of hydrogen-bond donors (Lipinski definition) is 1. The molecule has 0 radical (unpaired) electrons. The number of carbonyl (C=O) groups excluding carboxylic acids is 2. The molecule has 0 saturated heterocycles. The second kappa shape index (κ2) is 5.61. The average molecular weight is 309 g/mol. The zero-order valence-corrected chi connectivity index (χ0v) is 12.6. The number of aromatic nitrogens is 1. The monoisotopic (exact) mass is 309 g/mol. The lowest BCUT2D eigenvalue weighted by Crippen LogP contribution is -2.17. The van der Waals surface area contributed by atoms with E-state index in [-0.39, 0.29) is 22.7 Å². The number of ether oxygens (including phenoxy) is 1. The lowest BCUT2D eigenvalue weighted by atomic mass is 9.89. The number of methoxy groups -OCH3 is 1. The zero-order valence-electron chi connectivity index (χ0n) is 12.6. The summed E-state index contributed by atoms with van der Waals surface area (Å²) >= 11 is 0. The van der Waals surface area contributed by atoms with E-state index < -0.39 is 5.97 Å². The van der Waals surface area contributed by atoms with E-state index in [1.165, 1.54) is 17.9 Å². The van der Waals surface area contributed by atoms with Crippen LogP contribution in [0.5, 0.6) is 0 Å². The number of hydrogen-bond acceptors (Lipinski definition) is 5. The van der Waals surface area contributed by atoms with Crippen molar-refractivity contribution in [2.45, 2.75) is 19.3 Å². The molecule has 0 aliphatic heterocycles. The van der Waals surface area contributed by atoms with E-state index in [0.717, 1.165) is 18.4 Å². The van der Waals surface area contributed by atoms with Crippen molar-refractivity contribution in [3.8, 4) is 11.8 Å². The number of nitrogens with zero attached hydrogens (tertiary/aromatic N) is 2. The van der Waals surface area contributed by atoms with Crippen LogP contribution in [0.3, 0.4) is 0 Å². The van der Waals surface area contributed by atoms with Gasteiger partial charge in [-0.25, -0.2) is 4.79 Å².